The van der Waals surface area contributed by atoms with Crippen molar-refractivity contribution < 1.29 is 0 Å². The number of nitrogens with two attached hydrogens (primary N) is 1. The lowest BCUT2D eigenvalue weighted by Crippen LogP contribution is -1.98. The number of nitrogen functional groups attached to an aromatic ring is 1. The van der Waals surface area contributed by atoms with Gasteiger partial charge >= 0.3 is 0 Å². The van der Waals surface area contributed by atoms with Crippen molar-refractivity contribution in [2.24, 2.45) is 0 Å². The van der Waals surface area contributed by atoms with Crippen molar-refractivity contribution in [3.63, 3.8) is 0 Å². The summed E-state index contributed by atoms with van der Waals surface area (Å²) in [6, 6.07) is 18.7. The maximum absolute atomic E-state index is 5.80. The van der Waals surface area contributed by atoms with Crippen LogP contribution >= 0.6 is 11.8 Å². The summed E-state index contributed by atoms with van der Waals surface area (Å²) in [5.74, 6) is 1.07. The van der Waals surface area contributed by atoms with Crippen molar-refractivity contribution in [2.45, 2.75) is 11.4 Å². The minimum absolute atomic E-state index is 0.823. The Balaban J connectivity index is 1.69. The summed E-state index contributed by atoms with van der Waals surface area (Å²) in [6.45, 7) is 1.01. The van der Waals surface area contributed by atoms with E-state index in [-0.39, 0.29) is 0 Å². The number of hydrogen-bond donors (Lipinski definition) is 1. The molecule has 0 saturated carbocycles. The van der Waals surface area contributed by atoms with Crippen LogP contribution in [0.4, 0.5) is 5.69 Å². The molecule has 0 bridgehead atoms. The van der Waals surface area contributed by atoms with E-state index in [0.717, 1.165) is 18.0 Å². The summed E-state index contributed by atoms with van der Waals surface area (Å²) >= 11 is 1.88. The monoisotopic (exact) mass is 268 g/mol. The van der Waals surface area contributed by atoms with Gasteiger partial charge in [0.25, 0.3) is 0 Å². The number of hydrogen-bond acceptors (Lipinski definition) is 2. The Kier molecular flexibility index (Phi) is 3.47. The number of rotatable bonds is 4. The van der Waals surface area contributed by atoms with Crippen molar-refractivity contribution in [1.82, 2.24) is 4.57 Å². The van der Waals surface area contributed by atoms with E-state index in [2.05, 4.69) is 47.2 Å². The SMILES string of the molecule is Nc1ccc2c(ccn2CCSc2ccccc2)c1. The highest BCUT2D eigenvalue weighted by molar-refractivity contribution is 7.99. The molecule has 0 aliphatic heterocycles. The Morgan fingerprint density at radius 3 is 2.68 bits per heavy atom. The smallest absolute Gasteiger partial charge is 0.0482 e. The summed E-state index contributed by atoms with van der Waals surface area (Å²) < 4.78 is 2.28. The zero-order valence-electron chi connectivity index (χ0n) is 10.6. The fraction of sp³-hybridized carbons (Fsp3) is 0.125. The first-order valence-corrected chi connectivity index (χ1v) is 7.34. The average Bonchev–Trinajstić information content (AvgIpc) is 2.82. The molecule has 2 aromatic carbocycles. The van der Waals surface area contributed by atoms with Crippen molar-refractivity contribution >= 4 is 28.4 Å². The third kappa shape index (κ3) is 2.76. The number of nitrogens with zero attached hydrogens (tertiary/aromatic N) is 1. The van der Waals surface area contributed by atoms with E-state index < -0.39 is 0 Å². The quantitative estimate of drug-likeness (QED) is 0.572. The molecule has 2 N–H and O–H groups in total. The highest BCUT2D eigenvalue weighted by atomic mass is 32.2. The number of aryl methyl sites for hydroxylation is 1. The molecule has 0 radical (unpaired) electrons. The molecule has 0 amide bonds. The van der Waals surface area contributed by atoms with Gasteiger partial charge in [0.2, 0.25) is 0 Å². The Morgan fingerprint density at radius 2 is 1.84 bits per heavy atom. The second kappa shape index (κ2) is 5.41. The van der Waals surface area contributed by atoms with Gasteiger partial charge in [-0.1, -0.05) is 18.2 Å². The van der Waals surface area contributed by atoms with Crippen molar-refractivity contribution in [3.8, 4) is 0 Å². The van der Waals surface area contributed by atoms with Gasteiger partial charge in [-0.25, -0.2) is 0 Å². The van der Waals surface area contributed by atoms with E-state index in [1.807, 2.05) is 30.0 Å². The molecule has 96 valence electrons. The Hall–Kier alpha value is -1.87. The van der Waals surface area contributed by atoms with Crippen LogP contribution in [0, 0.1) is 0 Å². The van der Waals surface area contributed by atoms with E-state index in [9.17, 15) is 0 Å². The molecule has 3 heteroatoms. The number of fused-ring (bicyclic) bond motifs is 1. The molecule has 0 fully saturated rings. The van der Waals surface area contributed by atoms with Gasteiger partial charge in [-0.05, 0) is 36.4 Å². The standard InChI is InChI=1S/C16H16N2S/c17-14-6-7-16-13(12-14)8-9-18(16)10-11-19-15-4-2-1-3-5-15/h1-9,12H,10-11,17H2. The fourth-order valence-corrected chi connectivity index (χ4v) is 3.07. The topological polar surface area (TPSA) is 30.9 Å². The van der Waals surface area contributed by atoms with Crippen LogP contribution in [0.5, 0.6) is 0 Å². The molecule has 2 nitrogen and oxygen atoms in total. The van der Waals surface area contributed by atoms with E-state index in [1.165, 1.54) is 15.8 Å². The average molecular weight is 268 g/mol. The number of thioether (sulfide) groups is 1. The molecule has 0 spiro atoms. The maximum atomic E-state index is 5.80. The van der Waals surface area contributed by atoms with E-state index >= 15 is 0 Å². The minimum atomic E-state index is 0.823. The maximum Gasteiger partial charge on any atom is 0.0482 e. The van der Waals surface area contributed by atoms with Gasteiger partial charge in [0.05, 0.1) is 0 Å². The Labute approximate surface area is 117 Å². The molecule has 3 aromatic rings. The zero-order chi connectivity index (χ0) is 13.1. The molecule has 1 heterocycles. The molecule has 0 atom stereocenters. The van der Waals surface area contributed by atoms with Crippen LogP contribution in [0.1, 0.15) is 0 Å². The van der Waals surface area contributed by atoms with Gasteiger partial charge in [0, 0.05) is 40.0 Å². The normalized spacial score (nSPS) is 10.9. The van der Waals surface area contributed by atoms with E-state index in [0.29, 0.717) is 0 Å². The predicted molar refractivity (Wildman–Crippen MR) is 83.5 cm³/mol. The summed E-state index contributed by atoms with van der Waals surface area (Å²) in [5.41, 5.74) is 7.87. The van der Waals surface area contributed by atoms with Crippen LogP contribution in [0.2, 0.25) is 0 Å². The fourth-order valence-electron chi connectivity index (χ4n) is 2.19. The second-order valence-corrected chi connectivity index (χ2v) is 5.66. The summed E-state index contributed by atoms with van der Waals surface area (Å²) in [7, 11) is 0. The van der Waals surface area contributed by atoms with Gasteiger partial charge in [-0.2, -0.15) is 0 Å². The highest BCUT2D eigenvalue weighted by Gasteiger charge is 2.01. The van der Waals surface area contributed by atoms with Gasteiger partial charge in [0.15, 0.2) is 0 Å². The lowest BCUT2D eigenvalue weighted by Gasteiger charge is -2.05. The van der Waals surface area contributed by atoms with Crippen LogP contribution in [-0.2, 0) is 6.54 Å². The van der Waals surface area contributed by atoms with Gasteiger partial charge in [-0.3, -0.25) is 0 Å². The molecule has 3 rings (SSSR count). The van der Waals surface area contributed by atoms with E-state index in [1.54, 1.807) is 0 Å². The molecular weight excluding hydrogens is 252 g/mol. The molecule has 0 aliphatic carbocycles. The van der Waals surface area contributed by atoms with Crippen molar-refractivity contribution in [2.75, 3.05) is 11.5 Å². The van der Waals surface area contributed by atoms with Crippen molar-refractivity contribution in [3.05, 3.63) is 60.8 Å². The number of benzene rings is 2. The molecule has 0 saturated heterocycles. The second-order valence-electron chi connectivity index (χ2n) is 4.49. The van der Waals surface area contributed by atoms with Crippen LogP contribution in [0.15, 0.2) is 65.7 Å². The van der Waals surface area contributed by atoms with Crippen LogP contribution in [0.3, 0.4) is 0 Å². The summed E-state index contributed by atoms with van der Waals surface area (Å²) in [5, 5.41) is 1.21. The minimum Gasteiger partial charge on any atom is -0.399 e. The highest BCUT2D eigenvalue weighted by Crippen LogP contribution is 2.21. The van der Waals surface area contributed by atoms with Crippen molar-refractivity contribution in [1.29, 1.82) is 0 Å². The van der Waals surface area contributed by atoms with Crippen LogP contribution < -0.4 is 5.73 Å². The largest absolute Gasteiger partial charge is 0.399 e. The first-order chi connectivity index (χ1) is 9.33. The third-order valence-electron chi connectivity index (χ3n) is 3.14. The zero-order valence-corrected chi connectivity index (χ0v) is 11.4. The third-order valence-corrected chi connectivity index (χ3v) is 4.13. The molecule has 0 unspecified atom stereocenters. The van der Waals surface area contributed by atoms with Gasteiger partial charge < -0.3 is 10.3 Å². The lowest BCUT2D eigenvalue weighted by molar-refractivity contribution is 0.807. The Bertz CT molecular complexity index is 674. The first kappa shape index (κ1) is 12.2. The van der Waals surface area contributed by atoms with Crippen LogP contribution in [-0.4, -0.2) is 10.3 Å². The van der Waals surface area contributed by atoms with Gasteiger partial charge in [0.1, 0.15) is 0 Å². The summed E-state index contributed by atoms with van der Waals surface area (Å²) in [4.78, 5) is 1.32. The Morgan fingerprint density at radius 1 is 1.00 bits per heavy atom. The molecule has 1 aromatic heterocycles. The lowest BCUT2D eigenvalue weighted by atomic mass is 10.2. The molecular formula is C16H16N2S. The van der Waals surface area contributed by atoms with Gasteiger partial charge in [-0.15, -0.1) is 11.8 Å². The summed E-state index contributed by atoms with van der Waals surface area (Å²) in [6.07, 6.45) is 2.13. The molecule has 0 aliphatic rings. The number of anilines is 1. The first-order valence-electron chi connectivity index (χ1n) is 6.35. The van der Waals surface area contributed by atoms with E-state index in [4.69, 9.17) is 5.73 Å². The number of aromatic nitrogens is 1. The predicted octanol–water partition coefficient (Wildman–Crippen LogP) is 4.02. The van der Waals surface area contributed by atoms with Crippen LogP contribution in [0.25, 0.3) is 10.9 Å². The molecule has 19 heavy (non-hydrogen) atoms.